The van der Waals surface area contributed by atoms with Crippen molar-refractivity contribution in [1.82, 2.24) is 5.32 Å². The van der Waals surface area contributed by atoms with E-state index >= 15 is 0 Å². The van der Waals surface area contributed by atoms with Crippen molar-refractivity contribution in [2.75, 3.05) is 7.11 Å². The molecule has 0 saturated heterocycles. The van der Waals surface area contributed by atoms with E-state index in [9.17, 15) is 4.79 Å². The molecule has 21 heavy (non-hydrogen) atoms. The van der Waals surface area contributed by atoms with Crippen molar-refractivity contribution in [3.63, 3.8) is 0 Å². The van der Waals surface area contributed by atoms with Crippen molar-refractivity contribution in [2.45, 2.75) is 26.6 Å². The SMILES string of the molecule is COCc1ccccc1CNCc1cc(C(=O)O)sc1C. The predicted octanol–water partition coefficient (Wildman–Crippen LogP) is 3.19. The summed E-state index contributed by atoms with van der Waals surface area (Å²) in [5.41, 5.74) is 3.41. The van der Waals surface area contributed by atoms with Gasteiger partial charge >= 0.3 is 5.97 Å². The molecule has 112 valence electrons. The molecule has 2 N–H and O–H groups in total. The molecular formula is C16H19NO3S. The highest BCUT2D eigenvalue weighted by atomic mass is 32.1. The van der Waals surface area contributed by atoms with Gasteiger partial charge in [-0.05, 0) is 29.7 Å². The number of hydrogen-bond acceptors (Lipinski definition) is 4. The third kappa shape index (κ3) is 4.14. The van der Waals surface area contributed by atoms with Gasteiger partial charge in [0.05, 0.1) is 6.61 Å². The maximum atomic E-state index is 11.0. The molecule has 1 aromatic carbocycles. The summed E-state index contributed by atoms with van der Waals surface area (Å²) in [5, 5.41) is 12.4. The minimum atomic E-state index is -0.861. The van der Waals surface area contributed by atoms with Crippen LogP contribution in [0.3, 0.4) is 0 Å². The summed E-state index contributed by atoms with van der Waals surface area (Å²) < 4.78 is 5.19. The molecule has 0 aliphatic rings. The summed E-state index contributed by atoms with van der Waals surface area (Å²) in [4.78, 5) is 12.4. The second kappa shape index (κ2) is 7.36. The van der Waals surface area contributed by atoms with Crippen LogP contribution in [0, 0.1) is 6.92 Å². The van der Waals surface area contributed by atoms with Gasteiger partial charge in [0, 0.05) is 25.1 Å². The molecule has 0 fully saturated rings. The highest BCUT2D eigenvalue weighted by molar-refractivity contribution is 7.14. The molecule has 4 nitrogen and oxygen atoms in total. The number of rotatable bonds is 7. The fraction of sp³-hybridized carbons (Fsp3) is 0.312. The molecule has 0 bridgehead atoms. The molecule has 0 aliphatic carbocycles. The van der Waals surface area contributed by atoms with Crippen LogP contribution in [0.1, 0.15) is 31.2 Å². The molecule has 0 saturated carbocycles. The van der Waals surface area contributed by atoms with E-state index in [-0.39, 0.29) is 0 Å². The molecule has 1 heterocycles. The van der Waals surface area contributed by atoms with Gasteiger partial charge in [0.25, 0.3) is 0 Å². The fourth-order valence-electron chi connectivity index (χ4n) is 2.16. The highest BCUT2D eigenvalue weighted by Gasteiger charge is 2.10. The lowest BCUT2D eigenvalue weighted by atomic mass is 10.1. The number of benzene rings is 1. The smallest absolute Gasteiger partial charge is 0.345 e. The average Bonchev–Trinajstić information content (AvgIpc) is 2.83. The van der Waals surface area contributed by atoms with E-state index in [4.69, 9.17) is 9.84 Å². The molecular weight excluding hydrogens is 286 g/mol. The first-order valence-corrected chi connectivity index (χ1v) is 7.52. The number of thiophene rings is 1. The number of methoxy groups -OCH3 is 1. The van der Waals surface area contributed by atoms with E-state index in [0.29, 0.717) is 18.0 Å². The topological polar surface area (TPSA) is 58.6 Å². The maximum Gasteiger partial charge on any atom is 0.345 e. The van der Waals surface area contributed by atoms with E-state index in [1.165, 1.54) is 22.5 Å². The number of carboxylic acid groups (broad SMARTS) is 1. The van der Waals surface area contributed by atoms with Gasteiger partial charge in [-0.1, -0.05) is 24.3 Å². The van der Waals surface area contributed by atoms with Crippen molar-refractivity contribution in [2.24, 2.45) is 0 Å². The lowest BCUT2D eigenvalue weighted by Crippen LogP contribution is -2.14. The maximum absolute atomic E-state index is 11.0. The average molecular weight is 305 g/mol. The molecule has 2 rings (SSSR count). The van der Waals surface area contributed by atoms with E-state index in [1.54, 1.807) is 13.2 Å². The van der Waals surface area contributed by atoms with Crippen molar-refractivity contribution in [1.29, 1.82) is 0 Å². The zero-order chi connectivity index (χ0) is 15.2. The van der Waals surface area contributed by atoms with Crippen LogP contribution >= 0.6 is 11.3 Å². The Morgan fingerprint density at radius 2 is 1.90 bits per heavy atom. The Bertz CT molecular complexity index is 622. The molecule has 2 aromatic rings. The molecule has 0 spiro atoms. The minimum Gasteiger partial charge on any atom is -0.477 e. The summed E-state index contributed by atoms with van der Waals surface area (Å²) >= 11 is 1.32. The molecule has 0 radical (unpaired) electrons. The van der Waals surface area contributed by atoms with Gasteiger partial charge in [0.2, 0.25) is 0 Å². The Labute approximate surface area is 128 Å². The number of hydrogen-bond donors (Lipinski definition) is 2. The van der Waals surface area contributed by atoms with Crippen LogP contribution in [-0.4, -0.2) is 18.2 Å². The Morgan fingerprint density at radius 1 is 1.24 bits per heavy atom. The molecule has 0 amide bonds. The highest BCUT2D eigenvalue weighted by Crippen LogP contribution is 2.21. The number of aryl methyl sites for hydroxylation is 1. The van der Waals surface area contributed by atoms with Crippen LogP contribution in [0.2, 0.25) is 0 Å². The lowest BCUT2D eigenvalue weighted by Gasteiger charge is -2.10. The third-order valence-corrected chi connectivity index (χ3v) is 4.36. The largest absolute Gasteiger partial charge is 0.477 e. The predicted molar refractivity (Wildman–Crippen MR) is 83.7 cm³/mol. The third-order valence-electron chi connectivity index (χ3n) is 3.28. The van der Waals surface area contributed by atoms with Crippen molar-refractivity contribution < 1.29 is 14.6 Å². The van der Waals surface area contributed by atoms with Crippen molar-refractivity contribution in [3.05, 3.63) is 56.8 Å². The van der Waals surface area contributed by atoms with Gasteiger partial charge < -0.3 is 15.2 Å². The molecule has 5 heteroatoms. The zero-order valence-electron chi connectivity index (χ0n) is 12.2. The van der Waals surface area contributed by atoms with Crippen molar-refractivity contribution >= 4 is 17.3 Å². The summed E-state index contributed by atoms with van der Waals surface area (Å²) in [6, 6.07) is 9.88. The van der Waals surface area contributed by atoms with E-state index in [2.05, 4.69) is 17.4 Å². The van der Waals surface area contributed by atoms with Gasteiger partial charge in [0.1, 0.15) is 4.88 Å². The first-order chi connectivity index (χ1) is 10.1. The van der Waals surface area contributed by atoms with E-state index in [1.807, 2.05) is 19.1 Å². The van der Waals surface area contributed by atoms with Gasteiger partial charge in [-0.2, -0.15) is 0 Å². The number of nitrogens with one attached hydrogen (secondary N) is 1. The summed E-state index contributed by atoms with van der Waals surface area (Å²) in [5.74, 6) is -0.861. The molecule has 0 atom stereocenters. The lowest BCUT2D eigenvalue weighted by molar-refractivity contribution is 0.0702. The van der Waals surface area contributed by atoms with Gasteiger partial charge in [-0.3, -0.25) is 0 Å². The summed E-state index contributed by atoms with van der Waals surface area (Å²) in [7, 11) is 1.69. The summed E-state index contributed by atoms with van der Waals surface area (Å²) in [6.07, 6.45) is 0. The molecule has 0 aliphatic heterocycles. The van der Waals surface area contributed by atoms with Crippen LogP contribution in [0.15, 0.2) is 30.3 Å². The fourth-order valence-corrected chi connectivity index (χ4v) is 3.04. The number of carboxylic acids is 1. The van der Waals surface area contributed by atoms with Crippen LogP contribution in [0.5, 0.6) is 0 Å². The monoisotopic (exact) mass is 305 g/mol. The van der Waals surface area contributed by atoms with Crippen molar-refractivity contribution in [3.8, 4) is 0 Å². The quantitative estimate of drug-likeness (QED) is 0.825. The van der Waals surface area contributed by atoms with Gasteiger partial charge in [-0.15, -0.1) is 11.3 Å². The second-order valence-electron chi connectivity index (χ2n) is 4.80. The van der Waals surface area contributed by atoms with Crippen LogP contribution < -0.4 is 5.32 Å². The second-order valence-corrected chi connectivity index (χ2v) is 6.06. The summed E-state index contributed by atoms with van der Waals surface area (Å²) in [6.45, 7) is 3.94. The first-order valence-electron chi connectivity index (χ1n) is 6.71. The number of ether oxygens (including phenoxy) is 1. The standard InChI is InChI=1S/C16H19NO3S/c1-11-14(7-15(21-11)16(18)19)9-17-8-12-5-3-4-6-13(12)10-20-2/h3-7,17H,8-10H2,1-2H3,(H,18,19). The Kier molecular flexibility index (Phi) is 5.50. The minimum absolute atomic E-state index is 0.393. The number of aromatic carboxylic acids is 1. The zero-order valence-corrected chi connectivity index (χ0v) is 13.0. The van der Waals surface area contributed by atoms with Crippen LogP contribution in [0.25, 0.3) is 0 Å². The van der Waals surface area contributed by atoms with Crippen LogP contribution in [0.4, 0.5) is 0 Å². The molecule has 1 aromatic heterocycles. The Hall–Kier alpha value is -1.69. The number of carbonyl (C=O) groups is 1. The van der Waals surface area contributed by atoms with E-state index in [0.717, 1.165) is 17.0 Å². The van der Waals surface area contributed by atoms with Crippen LogP contribution in [-0.2, 0) is 24.4 Å². The van der Waals surface area contributed by atoms with Gasteiger partial charge in [0.15, 0.2) is 0 Å². The Balaban J connectivity index is 1.97. The molecule has 0 unspecified atom stereocenters. The normalized spacial score (nSPS) is 10.8. The first kappa shape index (κ1) is 15.7. The van der Waals surface area contributed by atoms with Gasteiger partial charge in [-0.25, -0.2) is 4.79 Å². The van der Waals surface area contributed by atoms with E-state index < -0.39 is 5.97 Å². The Morgan fingerprint density at radius 3 is 2.52 bits per heavy atom.